The van der Waals surface area contributed by atoms with Gasteiger partial charge in [-0.3, -0.25) is 9.59 Å². The topological polar surface area (TPSA) is 111 Å². The molecule has 0 amide bonds. The third-order valence-electron chi connectivity index (χ3n) is 14.1. The van der Waals surface area contributed by atoms with Crippen LogP contribution in [-0.4, -0.2) is 82.3 Å². The minimum absolute atomic E-state index is 0.136. The Bertz CT molecular complexity index is 1900. The van der Waals surface area contributed by atoms with Gasteiger partial charge in [-0.05, 0) is 122 Å². The smallest absolute Gasteiger partial charge is 0.306 e. The van der Waals surface area contributed by atoms with Crippen molar-refractivity contribution in [3.8, 4) is 0 Å². The van der Waals surface area contributed by atoms with Crippen LogP contribution >= 0.6 is 0 Å². The van der Waals surface area contributed by atoms with Crippen molar-refractivity contribution in [2.75, 3.05) is 47.5 Å². The number of likely N-dealkylation sites (N-methyl/N-ethyl adjacent to an activating group) is 1. The molecule has 0 rings (SSSR count). The quantitative estimate of drug-likeness (QED) is 0.0195. The lowest BCUT2D eigenvalue weighted by molar-refractivity contribution is -0.870. The van der Waals surface area contributed by atoms with Gasteiger partial charge in [0.25, 0.3) is 0 Å². The Labute approximate surface area is 522 Å². The molecule has 0 saturated heterocycles. The molecule has 0 aromatic carbocycles. The third-order valence-corrected chi connectivity index (χ3v) is 14.1. The lowest BCUT2D eigenvalue weighted by Gasteiger charge is -2.26. The molecule has 0 spiro atoms. The lowest BCUT2D eigenvalue weighted by atomic mass is 10.1. The fourth-order valence-corrected chi connectivity index (χ4v) is 8.89. The van der Waals surface area contributed by atoms with Crippen molar-refractivity contribution in [3.05, 3.63) is 146 Å². The molecule has 0 aliphatic heterocycles. The Hall–Kier alpha value is -4.83. The highest BCUT2D eigenvalue weighted by Gasteiger charge is 2.22. The molecule has 0 aliphatic carbocycles. The maximum Gasteiger partial charge on any atom is 0.306 e. The maximum atomic E-state index is 12.9. The van der Waals surface area contributed by atoms with Crippen LogP contribution in [0.5, 0.6) is 0 Å². The molecule has 0 N–H and O–H groups in total. The summed E-state index contributed by atoms with van der Waals surface area (Å²) >= 11 is 0. The first kappa shape index (κ1) is 80.2. The molecule has 0 bridgehead atoms. The minimum atomic E-state index is -1.64. The number of unbranched alkanes of at least 4 members (excludes halogenated alkanes) is 22. The van der Waals surface area contributed by atoms with E-state index < -0.39 is 24.3 Å². The van der Waals surface area contributed by atoms with Gasteiger partial charge >= 0.3 is 11.9 Å². The van der Waals surface area contributed by atoms with E-state index in [0.717, 1.165) is 122 Å². The van der Waals surface area contributed by atoms with Gasteiger partial charge in [-0.1, -0.05) is 269 Å². The molecule has 0 saturated carbocycles. The fourth-order valence-electron chi connectivity index (χ4n) is 8.89. The number of carbonyl (C=O) groups is 3. The minimum Gasteiger partial charge on any atom is -0.545 e. The molecule has 2 atom stereocenters. The van der Waals surface area contributed by atoms with Crippen LogP contribution in [0.1, 0.15) is 258 Å². The van der Waals surface area contributed by atoms with Crippen LogP contribution in [0.15, 0.2) is 146 Å². The normalized spacial score (nSPS) is 13.7. The van der Waals surface area contributed by atoms with Gasteiger partial charge in [0.05, 0.1) is 40.3 Å². The van der Waals surface area contributed by atoms with Gasteiger partial charge in [0.1, 0.15) is 13.2 Å². The highest BCUT2D eigenvalue weighted by molar-refractivity contribution is 5.70. The van der Waals surface area contributed by atoms with Gasteiger partial charge in [0, 0.05) is 12.8 Å². The summed E-state index contributed by atoms with van der Waals surface area (Å²) in [5, 5.41) is 11.8. The predicted molar refractivity (Wildman–Crippen MR) is 361 cm³/mol. The van der Waals surface area contributed by atoms with E-state index in [9.17, 15) is 19.5 Å². The Morgan fingerprint density at radius 1 is 0.365 bits per heavy atom. The van der Waals surface area contributed by atoms with Gasteiger partial charge in [-0.2, -0.15) is 0 Å². The summed E-state index contributed by atoms with van der Waals surface area (Å²) in [5.74, 6) is -2.32. The SMILES string of the molecule is CC/C=C\C/C=C\C/C=C\C/C=C\C/C=C\C/C=C\C/C=C\C/C=C\C/C=C\C/C=C\C/C=C\CCCCCCCC(=O)OC(COC(=O)CCCCCCCCCCC/C=C\CCCCCCCCCC)COC(OCC[N+](C)(C)C)C(=O)[O-]. The Morgan fingerprint density at radius 3 is 1.01 bits per heavy atom. The van der Waals surface area contributed by atoms with Crippen molar-refractivity contribution >= 4 is 17.9 Å². The first-order valence-corrected chi connectivity index (χ1v) is 34.0. The van der Waals surface area contributed by atoms with Crippen LogP contribution in [0, 0.1) is 0 Å². The zero-order chi connectivity index (χ0) is 61.9. The van der Waals surface area contributed by atoms with Crippen LogP contribution in [0.4, 0.5) is 0 Å². The van der Waals surface area contributed by atoms with Gasteiger partial charge in [-0.25, -0.2) is 0 Å². The molecule has 0 radical (unpaired) electrons. The van der Waals surface area contributed by atoms with Crippen LogP contribution in [0.2, 0.25) is 0 Å². The summed E-state index contributed by atoms with van der Waals surface area (Å²) in [5.41, 5.74) is 0. The molecule has 0 aromatic heterocycles. The van der Waals surface area contributed by atoms with Crippen molar-refractivity contribution in [1.29, 1.82) is 0 Å². The lowest BCUT2D eigenvalue weighted by Crippen LogP contribution is -2.44. The zero-order valence-corrected chi connectivity index (χ0v) is 54.9. The number of allylic oxidation sites excluding steroid dienone is 24. The highest BCUT2D eigenvalue weighted by atomic mass is 16.7. The van der Waals surface area contributed by atoms with Crippen molar-refractivity contribution in [1.82, 2.24) is 0 Å². The molecule has 0 fully saturated rings. The summed E-state index contributed by atoms with van der Waals surface area (Å²) in [6.45, 7) is 4.61. The number of hydrogen-bond donors (Lipinski definition) is 0. The first-order chi connectivity index (χ1) is 41.6. The second-order valence-electron chi connectivity index (χ2n) is 23.4. The van der Waals surface area contributed by atoms with Crippen molar-refractivity contribution in [2.45, 2.75) is 270 Å². The third kappa shape index (κ3) is 66.5. The van der Waals surface area contributed by atoms with E-state index in [2.05, 4.69) is 160 Å². The number of ether oxygens (including phenoxy) is 4. The zero-order valence-electron chi connectivity index (χ0n) is 54.9. The van der Waals surface area contributed by atoms with Gasteiger partial charge in [0.15, 0.2) is 12.4 Å². The average molecular weight is 1180 g/mol. The number of hydrogen-bond acceptors (Lipinski definition) is 8. The molecule has 0 aliphatic rings. The summed E-state index contributed by atoms with van der Waals surface area (Å²) in [6, 6.07) is 0. The molecule has 85 heavy (non-hydrogen) atoms. The fraction of sp³-hybridized carbons (Fsp3) is 0.645. The number of quaternary nitrogens is 1. The summed E-state index contributed by atoms with van der Waals surface area (Å²) in [4.78, 5) is 37.4. The number of esters is 2. The van der Waals surface area contributed by atoms with E-state index in [1.807, 2.05) is 21.1 Å². The van der Waals surface area contributed by atoms with Crippen molar-refractivity contribution < 1.29 is 42.9 Å². The van der Waals surface area contributed by atoms with E-state index >= 15 is 0 Å². The van der Waals surface area contributed by atoms with E-state index in [1.165, 1.54) is 103 Å². The molecule has 9 nitrogen and oxygen atoms in total. The maximum absolute atomic E-state index is 12.9. The van der Waals surface area contributed by atoms with Gasteiger partial charge < -0.3 is 33.3 Å². The number of aliphatic carboxylic acids is 1. The molecular weight excluding hydrogens is 1050 g/mol. The molecule has 9 heteroatoms. The first-order valence-electron chi connectivity index (χ1n) is 34.0. The molecule has 2 unspecified atom stereocenters. The van der Waals surface area contributed by atoms with Crippen molar-refractivity contribution in [3.63, 3.8) is 0 Å². The summed E-state index contributed by atoms with van der Waals surface area (Å²) in [7, 11) is 5.91. The van der Waals surface area contributed by atoms with Crippen LogP contribution in [0.3, 0.4) is 0 Å². The molecule has 0 heterocycles. The molecule has 482 valence electrons. The Kier molecular flexibility index (Phi) is 61.4. The van der Waals surface area contributed by atoms with Gasteiger partial charge in [-0.15, -0.1) is 0 Å². The van der Waals surface area contributed by atoms with Crippen LogP contribution < -0.4 is 5.11 Å². The van der Waals surface area contributed by atoms with Crippen molar-refractivity contribution in [2.24, 2.45) is 0 Å². The monoisotopic (exact) mass is 1180 g/mol. The van der Waals surface area contributed by atoms with Crippen LogP contribution in [-0.2, 0) is 33.3 Å². The summed E-state index contributed by atoms with van der Waals surface area (Å²) < 4.78 is 22.7. The second kappa shape index (κ2) is 65.2. The Morgan fingerprint density at radius 2 is 0.671 bits per heavy atom. The molecule has 0 aromatic rings. The van der Waals surface area contributed by atoms with Crippen LogP contribution in [0.25, 0.3) is 0 Å². The highest BCUT2D eigenvalue weighted by Crippen LogP contribution is 2.15. The number of carboxylic acids is 1. The largest absolute Gasteiger partial charge is 0.545 e. The predicted octanol–water partition coefficient (Wildman–Crippen LogP) is 19.8. The second-order valence-corrected chi connectivity index (χ2v) is 23.4. The van der Waals surface area contributed by atoms with E-state index in [1.54, 1.807) is 0 Å². The van der Waals surface area contributed by atoms with Gasteiger partial charge in [0.2, 0.25) is 0 Å². The van der Waals surface area contributed by atoms with E-state index in [4.69, 9.17) is 18.9 Å². The number of carbonyl (C=O) groups excluding carboxylic acids is 3. The van der Waals surface area contributed by atoms with E-state index in [-0.39, 0.29) is 38.6 Å². The number of carboxylic acid groups (broad SMARTS) is 1. The standard InChI is InChI=1S/C76H125NO8/c1-6-8-10-12-14-16-18-20-22-24-26-28-29-30-31-32-33-34-35-36-37-38-39-40-41-42-43-44-45-47-49-51-53-55-57-59-61-63-65-67-74(79)85-72(71-84-76(75(80)81)82-69-68-77(3,4)5)70-83-73(78)66-64-62-60-58-56-54-52-50-48-46-27-25-23-21-19-17-15-13-11-9-7-2/h8,10,14,16,20,22,25-28,30-31,33-34,36-37,39-40,42-43,45,47,51,53,72,76H,6-7,9,11-13,15,17-19,21,23-24,29,32,35,38,41,44,46,48-50,52,54-71H2,1-5H3/b10-8-,16-14-,22-20-,27-25-,28-26-,31-30-,34-33-,37-36-,40-39-,43-42-,47-45-,53-51-. The average Bonchev–Trinajstić information content (AvgIpc) is 3.49. The summed E-state index contributed by atoms with van der Waals surface area (Å²) in [6.07, 6.45) is 92.0. The number of nitrogens with zero attached hydrogens (tertiary/aromatic N) is 1. The van der Waals surface area contributed by atoms with E-state index in [0.29, 0.717) is 17.4 Å². The number of rotatable bonds is 61. The molecular formula is C76H125NO8. The Balaban J connectivity index is 4.24.